The maximum absolute atomic E-state index is 10.1. The summed E-state index contributed by atoms with van der Waals surface area (Å²) in [5, 5.41) is 48.6. The summed E-state index contributed by atoms with van der Waals surface area (Å²) in [5.74, 6) is -2.95. The van der Waals surface area contributed by atoms with Crippen LogP contribution in [0.5, 0.6) is 0 Å². The number of aliphatic hydroxyl groups excluding tert-OH is 3. The molecule has 1 rings (SSSR count). The summed E-state index contributed by atoms with van der Waals surface area (Å²) in [6.45, 7) is 1.49. The third-order valence-corrected chi connectivity index (χ3v) is 2.81. The molecule has 1 fully saturated rings. The van der Waals surface area contributed by atoms with Crippen LogP contribution in [0.3, 0.4) is 0 Å². The molecule has 0 saturated carbocycles. The molecule has 1 aliphatic heterocycles. The molecule has 0 aromatic rings. The van der Waals surface area contributed by atoms with Crippen LogP contribution in [0.25, 0.3) is 0 Å². The number of hydrogen-bond donors (Lipinski definition) is 7. The molecule has 0 aromatic heterocycles. The predicted molar refractivity (Wildman–Crippen MR) is 58.3 cm³/mol. The van der Waals surface area contributed by atoms with Crippen molar-refractivity contribution < 1.29 is 25.2 Å². The molecule has 1 aliphatic rings. The average Bonchev–Trinajstić information content (AvgIpc) is 2.29. The second kappa shape index (κ2) is 5.25. The fourth-order valence-corrected chi connectivity index (χ4v) is 1.88. The topological polar surface area (TPSA) is 152 Å². The fourth-order valence-electron chi connectivity index (χ4n) is 1.88. The largest absolute Gasteiger partial charge is 0.394 e. The zero-order valence-electron chi connectivity index (χ0n) is 9.50. The van der Waals surface area contributed by atoms with E-state index in [1.54, 1.807) is 6.92 Å². The van der Waals surface area contributed by atoms with Gasteiger partial charge in [-0.1, -0.05) is 6.92 Å². The van der Waals surface area contributed by atoms with Crippen LogP contribution in [-0.4, -0.2) is 69.6 Å². The minimum Gasteiger partial charge on any atom is -0.394 e. The highest BCUT2D eigenvalue weighted by Gasteiger charge is 2.54. The third kappa shape index (κ3) is 2.41. The lowest BCUT2D eigenvalue weighted by Gasteiger charge is -2.47. The number of likely N-dealkylation sites (N-methyl/N-ethyl adjacent to an activating group) is 1. The first-order chi connectivity index (χ1) is 7.88. The molecule has 5 atom stereocenters. The molecule has 0 bridgehead atoms. The number of aliphatic hydroxyl groups is 4. The average molecular weight is 249 g/mol. The Labute approximate surface area is 98.5 Å². The van der Waals surface area contributed by atoms with E-state index in [0.29, 0.717) is 6.54 Å². The van der Waals surface area contributed by atoms with Crippen LogP contribution < -0.4 is 11.1 Å². The Kier molecular flexibility index (Phi) is 4.42. The lowest BCUT2D eigenvalue weighted by atomic mass is 9.89. The quantitative estimate of drug-likeness (QED) is 0.203. The fraction of sp³-hybridized carbons (Fsp3) is 0.889. The summed E-state index contributed by atoms with van der Waals surface area (Å²) >= 11 is 0. The van der Waals surface area contributed by atoms with Crippen molar-refractivity contribution in [3.05, 3.63) is 0 Å². The first kappa shape index (κ1) is 14.3. The molecular weight excluding hydrogens is 230 g/mol. The van der Waals surface area contributed by atoms with E-state index in [1.807, 2.05) is 0 Å². The zero-order valence-corrected chi connectivity index (χ0v) is 9.50. The molecule has 17 heavy (non-hydrogen) atoms. The monoisotopic (exact) mass is 249 g/mol. The van der Waals surface area contributed by atoms with Gasteiger partial charge >= 0.3 is 0 Å². The van der Waals surface area contributed by atoms with E-state index in [9.17, 15) is 15.3 Å². The van der Waals surface area contributed by atoms with Crippen LogP contribution >= 0.6 is 0 Å². The van der Waals surface area contributed by atoms with E-state index in [4.69, 9.17) is 21.0 Å². The van der Waals surface area contributed by atoms with Gasteiger partial charge in [-0.25, -0.2) is 0 Å². The number of hydrogen-bond acceptors (Lipinski definition) is 7. The van der Waals surface area contributed by atoms with E-state index in [-0.39, 0.29) is 0 Å². The second-order valence-electron chi connectivity index (χ2n) is 3.97. The van der Waals surface area contributed by atoms with E-state index in [2.05, 4.69) is 5.32 Å². The first-order valence-corrected chi connectivity index (χ1v) is 5.33. The molecule has 8 heteroatoms. The summed E-state index contributed by atoms with van der Waals surface area (Å²) in [5.41, 5.74) is 5.24. The summed E-state index contributed by atoms with van der Waals surface area (Å²) < 4.78 is 5.02. The molecule has 8 nitrogen and oxygen atoms in total. The molecule has 100 valence electrons. The van der Waals surface area contributed by atoms with Crippen molar-refractivity contribution in [2.75, 3.05) is 13.2 Å². The molecule has 1 saturated heterocycles. The molecule has 1 unspecified atom stereocenters. The highest BCUT2D eigenvalue weighted by Crippen LogP contribution is 2.28. The van der Waals surface area contributed by atoms with Crippen molar-refractivity contribution in [1.82, 2.24) is 5.32 Å². The maximum Gasteiger partial charge on any atom is 0.243 e. The molecule has 0 spiro atoms. The van der Waals surface area contributed by atoms with Crippen molar-refractivity contribution in [3.8, 4) is 0 Å². The number of amidine groups is 1. The van der Waals surface area contributed by atoms with Gasteiger partial charge < -0.3 is 36.2 Å². The van der Waals surface area contributed by atoms with Gasteiger partial charge in [0, 0.05) is 0 Å². The lowest BCUT2D eigenvalue weighted by Crippen LogP contribution is -2.73. The standard InChI is InChI=1S/C9H19N3O5/c1-2-12-7-6(15)5(14)4(3-13)17-9(7,16)8(10)11/h4-7,12-16H,2-3H2,1H3,(H3,10,11)/t4-,5-,6+,7-,9?/m1/s1. The number of ether oxygens (including phenoxy) is 1. The molecule has 0 aliphatic carbocycles. The Bertz CT molecular complexity index is 290. The van der Waals surface area contributed by atoms with Crippen molar-refractivity contribution in [1.29, 1.82) is 5.41 Å². The van der Waals surface area contributed by atoms with Crippen LogP contribution in [0.15, 0.2) is 0 Å². The van der Waals surface area contributed by atoms with Gasteiger partial charge in [-0.2, -0.15) is 0 Å². The normalized spacial score (nSPS) is 42.4. The van der Waals surface area contributed by atoms with Crippen molar-refractivity contribution in [2.24, 2.45) is 5.73 Å². The van der Waals surface area contributed by atoms with Crippen LogP contribution in [-0.2, 0) is 4.74 Å². The van der Waals surface area contributed by atoms with E-state index >= 15 is 0 Å². The van der Waals surface area contributed by atoms with Crippen molar-refractivity contribution in [3.63, 3.8) is 0 Å². The van der Waals surface area contributed by atoms with E-state index in [1.165, 1.54) is 0 Å². The Morgan fingerprint density at radius 3 is 2.47 bits per heavy atom. The third-order valence-electron chi connectivity index (χ3n) is 2.81. The van der Waals surface area contributed by atoms with Crippen molar-refractivity contribution >= 4 is 5.84 Å². The molecule has 1 heterocycles. The van der Waals surface area contributed by atoms with Crippen LogP contribution in [0, 0.1) is 5.41 Å². The highest BCUT2D eigenvalue weighted by molar-refractivity contribution is 5.85. The van der Waals surface area contributed by atoms with Gasteiger partial charge in [-0.05, 0) is 6.54 Å². The maximum atomic E-state index is 10.1. The van der Waals surface area contributed by atoms with Gasteiger partial charge in [0.1, 0.15) is 18.3 Å². The van der Waals surface area contributed by atoms with Gasteiger partial charge in [0.05, 0.1) is 12.6 Å². The predicted octanol–water partition coefficient (Wildman–Crippen LogP) is -3.30. The van der Waals surface area contributed by atoms with Gasteiger partial charge in [-0.3, -0.25) is 5.41 Å². The summed E-state index contributed by atoms with van der Waals surface area (Å²) in [4.78, 5) is 0. The lowest BCUT2D eigenvalue weighted by molar-refractivity contribution is -0.286. The molecule has 0 radical (unpaired) electrons. The highest BCUT2D eigenvalue weighted by atomic mass is 16.6. The van der Waals surface area contributed by atoms with Gasteiger partial charge in [-0.15, -0.1) is 0 Å². The van der Waals surface area contributed by atoms with Gasteiger partial charge in [0.25, 0.3) is 0 Å². The SMILES string of the molecule is CCN[C@@H]1[C@@H](O)[C@H](O)[C@@H](CO)OC1(O)C(=N)N. The minimum absolute atomic E-state index is 0.372. The first-order valence-electron chi connectivity index (χ1n) is 5.33. The number of nitrogens with two attached hydrogens (primary N) is 1. The Balaban J connectivity index is 3.03. The van der Waals surface area contributed by atoms with Gasteiger partial charge in [0.2, 0.25) is 5.79 Å². The molecule has 8 N–H and O–H groups in total. The molecule has 0 aromatic carbocycles. The minimum atomic E-state index is -2.25. The molecular formula is C9H19N3O5. The Hall–Kier alpha value is -0.770. The van der Waals surface area contributed by atoms with Crippen LogP contribution in [0.2, 0.25) is 0 Å². The van der Waals surface area contributed by atoms with Crippen molar-refractivity contribution in [2.45, 2.75) is 37.1 Å². The smallest absolute Gasteiger partial charge is 0.243 e. The Morgan fingerprint density at radius 1 is 1.47 bits per heavy atom. The van der Waals surface area contributed by atoms with E-state index in [0.717, 1.165) is 0 Å². The van der Waals surface area contributed by atoms with E-state index < -0.39 is 42.6 Å². The zero-order chi connectivity index (χ0) is 13.2. The Morgan fingerprint density at radius 2 is 2.06 bits per heavy atom. The number of rotatable bonds is 4. The molecule has 0 amide bonds. The van der Waals surface area contributed by atoms with Crippen LogP contribution in [0.1, 0.15) is 6.92 Å². The van der Waals surface area contributed by atoms with Gasteiger partial charge in [0.15, 0.2) is 5.84 Å². The second-order valence-corrected chi connectivity index (χ2v) is 3.97. The van der Waals surface area contributed by atoms with Crippen LogP contribution in [0.4, 0.5) is 0 Å². The summed E-state index contributed by atoms with van der Waals surface area (Å²) in [6.07, 6.45) is -3.98. The summed E-state index contributed by atoms with van der Waals surface area (Å²) in [6, 6.07) is -1.14. The summed E-state index contributed by atoms with van der Waals surface area (Å²) in [7, 11) is 0. The number of nitrogens with one attached hydrogen (secondary N) is 2.